The van der Waals surface area contributed by atoms with Gasteiger partial charge in [-0.2, -0.15) is 0 Å². The van der Waals surface area contributed by atoms with Gasteiger partial charge in [0.15, 0.2) is 0 Å². The number of benzene rings is 1. The van der Waals surface area contributed by atoms with Gasteiger partial charge < -0.3 is 19.4 Å². The lowest BCUT2D eigenvalue weighted by Gasteiger charge is -2.17. The SMILES string of the molecule is CCn1c(C(=O)NC(C)CC(O)c2ccco2)cc2ccccc21. The van der Waals surface area contributed by atoms with Crippen LogP contribution in [0, 0.1) is 0 Å². The zero-order valence-corrected chi connectivity index (χ0v) is 13.9. The van der Waals surface area contributed by atoms with Crippen molar-refractivity contribution >= 4 is 16.8 Å². The number of rotatable bonds is 6. The highest BCUT2D eigenvalue weighted by atomic mass is 16.4. The molecule has 3 aromatic rings. The minimum Gasteiger partial charge on any atom is -0.467 e. The molecule has 1 amide bonds. The van der Waals surface area contributed by atoms with Crippen LogP contribution in [0.3, 0.4) is 0 Å². The number of nitrogens with one attached hydrogen (secondary N) is 1. The number of furan rings is 1. The first-order chi connectivity index (χ1) is 11.6. The monoisotopic (exact) mass is 326 g/mol. The van der Waals surface area contributed by atoms with Gasteiger partial charge in [0.2, 0.25) is 0 Å². The minimum absolute atomic E-state index is 0.132. The Morgan fingerprint density at radius 2 is 2.08 bits per heavy atom. The van der Waals surface area contributed by atoms with E-state index >= 15 is 0 Å². The average molecular weight is 326 g/mol. The summed E-state index contributed by atoms with van der Waals surface area (Å²) in [6.45, 7) is 4.62. The van der Waals surface area contributed by atoms with Gasteiger partial charge >= 0.3 is 0 Å². The first kappa shape index (κ1) is 16.3. The molecule has 2 aromatic heterocycles. The smallest absolute Gasteiger partial charge is 0.268 e. The van der Waals surface area contributed by atoms with Crippen molar-refractivity contribution in [2.75, 3.05) is 0 Å². The predicted octanol–water partition coefficient (Wildman–Crippen LogP) is 3.50. The van der Waals surface area contributed by atoms with Crippen LogP contribution in [-0.4, -0.2) is 21.6 Å². The van der Waals surface area contributed by atoms with Crippen LogP contribution in [0.4, 0.5) is 0 Å². The molecule has 0 radical (unpaired) electrons. The molecule has 2 N–H and O–H groups in total. The minimum atomic E-state index is -0.729. The van der Waals surface area contributed by atoms with Crippen molar-refractivity contribution in [3.63, 3.8) is 0 Å². The number of aliphatic hydroxyl groups excluding tert-OH is 1. The molecule has 0 saturated heterocycles. The molecule has 5 nitrogen and oxygen atoms in total. The van der Waals surface area contributed by atoms with Crippen molar-refractivity contribution in [2.24, 2.45) is 0 Å². The Bertz CT molecular complexity index is 820. The highest BCUT2D eigenvalue weighted by Gasteiger charge is 2.19. The van der Waals surface area contributed by atoms with E-state index < -0.39 is 6.10 Å². The van der Waals surface area contributed by atoms with Crippen LogP contribution in [0.5, 0.6) is 0 Å². The van der Waals surface area contributed by atoms with E-state index in [2.05, 4.69) is 5.32 Å². The number of aryl methyl sites for hydroxylation is 1. The summed E-state index contributed by atoms with van der Waals surface area (Å²) in [5.41, 5.74) is 1.69. The third-order valence-electron chi connectivity index (χ3n) is 4.19. The van der Waals surface area contributed by atoms with Crippen molar-refractivity contribution in [1.82, 2.24) is 9.88 Å². The number of para-hydroxylation sites is 1. The molecule has 0 aliphatic heterocycles. The van der Waals surface area contributed by atoms with E-state index in [0.29, 0.717) is 17.9 Å². The van der Waals surface area contributed by atoms with Gasteiger partial charge in [0, 0.05) is 29.9 Å². The normalized spacial score (nSPS) is 13.8. The number of carbonyl (C=O) groups excluding carboxylic acids is 1. The maximum Gasteiger partial charge on any atom is 0.268 e. The summed E-state index contributed by atoms with van der Waals surface area (Å²) < 4.78 is 7.20. The largest absolute Gasteiger partial charge is 0.467 e. The Labute approximate surface area is 140 Å². The third-order valence-corrected chi connectivity index (χ3v) is 4.19. The van der Waals surface area contributed by atoms with Gasteiger partial charge in [0.1, 0.15) is 17.6 Å². The summed E-state index contributed by atoms with van der Waals surface area (Å²) in [4.78, 5) is 12.6. The van der Waals surface area contributed by atoms with E-state index in [4.69, 9.17) is 4.42 Å². The van der Waals surface area contributed by atoms with E-state index in [9.17, 15) is 9.90 Å². The van der Waals surface area contributed by atoms with E-state index in [0.717, 1.165) is 17.4 Å². The van der Waals surface area contributed by atoms with Crippen molar-refractivity contribution < 1.29 is 14.3 Å². The quantitative estimate of drug-likeness (QED) is 0.728. The summed E-state index contributed by atoms with van der Waals surface area (Å²) in [5.74, 6) is 0.381. The fourth-order valence-corrected chi connectivity index (χ4v) is 3.03. The van der Waals surface area contributed by atoms with Crippen molar-refractivity contribution in [3.05, 3.63) is 60.2 Å². The molecule has 0 saturated carbocycles. The van der Waals surface area contributed by atoms with E-state index in [-0.39, 0.29) is 11.9 Å². The molecule has 0 bridgehead atoms. The van der Waals surface area contributed by atoms with Crippen molar-refractivity contribution in [3.8, 4) is 0 Å². The third kappa shape index (κ3) is 3.21. The first-order valence-corrected chi connectivity index (χ1v) is 8.20. The van der Waals surface area contributed by atoms with Crippen LogP contribution in [0.25, 0.3) is 10.9 Å². The maximum absolute atomic E-state index is 12.6. The highest BCUT2D eigenvalue weighted by Crippen LogP contribution is 2.21. The fourth-order valence-electron chi connectivity index (χ4n) is 3.03. The molecule has 0 fully saturated rings. The topological polar surface area (TPSA) is 67.4 Å². The Morgan fingerprint density at radius 1 is 1.29 bits per heavy atom. The standard InChI is InChI=1S/C19H22N2O3/c1-3-21-15-8-5-4-7-14(15)12-16(21)19(23)20-13(2)11-17(22)18-9-6-10-24-18/h4-10,12-13,17,22H,3,11H2,1-2H3,(H,20,23). The summed E-state index contributed by atoms with van der Waals surface area (Å²) in [7, 11) is 0. The lowest BCUT2D eigenvalue weighted by molar-refractivity contribution is 0.0894. The van der Waals surface area contributed by atoms with Crippen LogP contribution < -0.4 is 5.32 Å². The maximum atomic E-state index is 12.6. The summed E-state index contributed by atoms with van der Waals surface area (Å²) >= 11 is 0. The zero-order valence-electron chi connectivity index (χ0n) is 13.9. The molecule has 0 aliphatic rings. The molecular formula is C19H22N2O3. The van der Waals surface area contributed by atoms with E-state index in [1.807, 2.05) is 48.7 Å². The van der Waals surface area contributed by atoms with Gasteiger partial charge in [-0.25, -0.2) is 0 Å². The van der Waals surface area contributed by atoms with Gasteiger partial charge in [0.05, 0.1) is 6.26 Å². The van der Waals surface area contributed by atoms with Crippen LogP contribution in [-0.2, 0) is 6.54 Å². The number of amides is 1. The second-order valence-electron chi connectivity index (χ2n) is 5.97. The number of fused-ring (bicyclic) bond motifs is 1. The Hall–Kier alpha value is -2.53. The van der Waals surface area contributed by atoms with Crippen LogP contribution >= 0.6 is 0 Å². The average Bonchev–Trinajstić information content (AvgIpc) is 3.22. The molecule has 2 atom stereocenters. The van der Waals surface area contributed by atoms with Crippen LogP contribution in [0.1, 0.15) is 42.6 Å². The molecule has 126 valence electrons. The second-order valence-corrected chi connectivity index (χ2v) is 5.97. The summed E-state index contributed by atoms with van der Waals surface area (Å²) in [6, 6.07) is 13.1. The summed E-state index contributed by atoms with van der Waals surface area (Å²) in [5, 5.41) is 14.1. The van der Waals surface area contributed by atoms with Gasteiger partial charge in [-0.05, 0) is 38.1 Å². The number of carbonyl (C=O) groups is 1. The predicted molar refractivity (Wildman–Crippen MR) is 92.8 cm³/mol. The van der Waals surface area contributed by atoms with E-state index in [1.165, 1.54) is 6.26 Å². The van der Waals surface area contributed by atoms with Crippen molar-refractivity contribution in [2.45, 2.75) is 39.0 Å². The molecule has 3 rings (SSSR count). The second kappa shape index (κ2) is 6.93. The molecule has 5 heteroatoms. The van der Waals surface area contributed by atoms with Gasteiger partial charge in [0.25, 0.3) is 5.91 Å². The van der Waals surface area contributed by atoms with Crippen LogP contribution in [0.2, 0.25) is 0 Å². The number of hydrogen-bond acceptors (Lipinski definition) is 3. The molecule has 2 unspecified atom stereocenters. The zero-order chi connectivity index (χ0) is 17.1. The Kier molecular flexibility index (Phi) is 4.71. The first-order valence-electron chi connectivity index (χ1n) is 8.20. The molecule has 2 heterocycles. The molecule has 0 aliphatic carbocycles. The number of hydrogen-bond donors (Lipinski definition) is 2. The Morgan fingerprint density at radius 3 is 2.79 bits per heavy atom. The number of nitrogens with zero attached hydrogens (tertiary/aromatic N) is 1. The summed E-state index contributed by atoms with van der Waals surface area (Å²) in [6.07, 6.45) is 1.19. The van der Waals surface area contributed by atoms with Crippen LogP contribution in [0.15, 0.2) is 53.1 Å². The molecule has 0 spiro atoms. The van der Waals surface area contributed by atoms with Gasteiger partial charge in [-0.1, -0.05) is 18.2 Å². The fraction of sp³-hybridized carbons (Fsp3) is 0.316. The highest BCUT2D eigenvalue weighted by molar-refractivity contribution is 5.98. The Balaban J connectivity index is 1.72. The molecular weight excluding hydrogens is 304 g/mol. The molecule has 1 aromatic carbocycles. The number of aromatic nitrogens is 1. The lowest BCUT2D eigenvalue weighted by Crippen LogP contribution is -2.34. The van der Waals surface area contributed by atoms with E-state index in [1.54, 1.807) is 12.1 Å². The molecule has 24 heavy (non-hydrogen) atoms. The number of aliphatic hydroxyl groups is 1. The van der Waals surface area contributed by atoms with Crippen molar-refractivity contribution in [1.29, 1.82) is 0 Å². The lowest BCUT2D eigenvalue weighted by atomic mass is 10.1. The van der Waals surface area contributed by atoms with Gasteiger partial charge in [-0.15, -0.1) is 0 Å². The van der Waals surface area contributed by atoms with Gasteiger partial charge in [-0.3, -0.25) is 4.79 Å².